The van der Waals surface area contributed by atoms with Crippen LogP contribution in [0.1, 0.15) is 67.7 Å². The molecule has 4 N–H and O–H groups in total. The van der Waals surface area contributed by atoms with Gasteiger partial charge in [0.1, 0.15) is 17.8 Å². The smallest absolute Gasteiger partial charge is 0.335 e. The molecule has 8 heteroatoms. The highest BCUT2D eigenvalue weighted by Crippen LogP contribution is 2.65. The molecule has 0 aromatic rings. The molecule has 1 heterocycles. The van der Waals surface area contributed by atoms with Crippen LogP contribution in [0.4, 0.5) is 0 Å². The Morgan fingerprint density at radius 1 is 1.24 bits per heavy atom. The second kappa shape index (κ2) is 7.84. The van der Waals surface area contributed by atoms with Crippen molar-refractivity contribution >= 4 is 11.8 Å². The Balaban J connectivity index is 1.92. The second-order valence-electron chi connectivity index (χ2n) is 11.9. The fraction of sp³-hybridized carbons (Fsp3) is 0.846. The molecule has 1 saturated heterocycles. The van der Waals surface area contributed by atoms with Crippen molar-refractivity contribution in [3.8, 4) is 0 Å². The molecule has 192 valence electrons. The van der Waals surface area contributed by atoms with Crippen molar-refractivity contribution in [3.63, 3.8) is 0 Å². The minimum Gasteiger partial charge on any atom is -0.456 e. The van der Waals surface area contributed by atoms with Gasteiger partial charge in [-0.05, 0) is 42.7 Å². The monoisotopic (exact) mass is 480 g/mol. The average Bonchev–Trinajstić information content (AvgIpc) is 2.76. The first kappa shape index (κ1) is 25.8. The Labute approximate surface area is 201 Å². The molecule has 0 radical (unpaired) electrons. The van der Waals surface area contributed by atoms with Crippen LogP contribution in [0.25, 0.3) is 0 Å². The van der Waals surface area contributed by atoms with E-state index in [0.29, 0.717) is 17.6 Å². The number of esters is 1. The van der Waals surface area contributed by atoms with E-state index >= 15 is 0 Å². The zero-order valence-corrected chi connectivity index (χ0v) is 21.3. The SMILES string of the molecule is CCC(O)C(=O)OC1CC2(O)C(C)C3[C@]4(O)COC4C[C@H](C)[C@@]3(C)C(=O)C(O)C(=C1C)C2(C)C. The molecule has 8 nitrogen and oxygen atoms in total. The average molecular weight is 481 g/mol. The molecule has 3 fully saturated rings. The number of hydrogen-bond donors (Lipinski definition) is 4. The van der Waals surface area contributed by atoms with E-state index in [2.05, 4.69) is 0 Å². The molecular weight excluding hydrogens is 440 g/mol. The van der Waals surface area contributed by atoms with Crippen molar-refractivity contribution in [2.75, 3.05) is 6.61 Å². The topological polar surface area (TPSA) is 134 Å². The number of aliphatic hydroxyl groups is 4. The minimum atomic E-state index is -1.53. The van der Waals surface area contributed by atoms with E-state index < -0.39 is 64.3 Å². The third-order valence-electron chi connectivity index (χ3n) is 10.2. The van der Waals surface area contributed by atoms with Crippen LogP contribution >= 0.6 is 0 Å². The quantitative estimate of drug-likeness (QED) is 0.353. The third kappa shape index (κ3) is 3.01. The van der Waals surface area contributed by atoms with Crippen LogP contribution in [-0.2, 0) is 19.1 Å². The van der Waals surface area contributed by atoms with Gasteiger partial charge in [-0.15, -0.1) is 0 Å². The highest BCUT2D eigenvalue weighted by molar-refractivity contribution is 5.93. The number of fused-ring (bicyclic) bond motifs is 5. The summed E-state index contributed by atoms with van der Waals surface area (Å²) in [5.41, 5.74) is -4.09. The Morgan fingerprint density at radius 2 is 1.85 bits per heavy atom. The molecule has 7 unspecified atom stereocenters. The first-order valence-electron chi connectivity index (χ1n) is 12.5. The van der Waals surface area contributed by atoms with Gasteiger partial charge >= 0.3 is 5.97 Å². The van der Waals surface area contributed by atoms with E-state index in [1.807, 2.05) is 13.8 Å². The van der Waals surface area contributed by atoms with Crippen molar-refractivity contribution in [2.45, 2.75) is 103 Å². The van der Waals surface area contributed by atoms with Gasteiger partial charge in [-0.2, -0.15) is 0 Å². The van der Waals surface area contributed by atoms with Crippen LogP contribution in [0.5, 0.6) is 0 Å². The Bertz CT molecular complexity index is 926. The molecular formula is C26H40O8. The lowest BCUT2D eigenvalue weighted by Gasteiger charge is -2.68. The standard InChI is InChI=1S/C26H40O8/c1-8-15(27)22(30)34-16-10-26(32)14(4)20-24(7,12(2)9-17-25(20,31)11-33-17)21(29)19(28)18(13(16)3)23(26,5)6/h12,14-17,19-20,27-28,31-32H,8-11H2,1-7H3/t12-,14?,15?,16?,17?,19?,20?,24+,25-,26?/m0/s1. The van der Waals surface area contributed by atoms with Gasteiger partial charge in [-0.3, -0.25) is 4.79 Å². The van der Waals surface area contributed by atoms with E-state index in [1.165, 1.54) is 0 Å². The molecule has 4 rings (SSSR count). The number of Topliss-reactive ketones (excluding diaryl/α,β-unsaturated/α-hetero) is 1. The van der Waals surface area contributed by atoms with Crippen LogP contribution in [0, 0.1) is 28.6 Å². The summed E-state index contributed by atoms with van der Waals surface area (Å²) < 4.78 is 11.3. The highest BCUT2D eigenvalue weighted by atomic mass is 16.6. The Morgan fingerprint density at radius 3 is 2.38 bits per heavy atom. The summed E-state index contributed by atoms with van der Waals surface area (Å²) >= 11 is 0. The molecule has 0 aromatic heterocycles. The summed E-state index contributed by atoms with van der Waals surface area (Å²) in [6.07, 6.45) is -3.48. The molecule has 0 spiro atoms. The molecule has 2 saturated carbocycles. The van der Waals surface area contributed by atoms with Crippen molar-refractivity contribution in [3.05, 3.63) is 11.1 Å². The van der Waals surface area contributed by atoms with Crippen molar-refractivity contribution in [1.82, 2.24) is 0 Å². The maximum absolute atomic E-state index is 14.1. The van der Waals surface area contributed by atoms with Crippen LogP contribution < -0.4 is 0 Å². The van der Waals surface area contributed by atoms with Crippen molar-refractivity contribution < 1.29 is 39.5 Å². The fourth-order valence-electron chi connectivity index (χ4n) is 7.79. The molecule has 1 aliphatic heterocycles. The molecule has 4 aliphatic rings. The predicted molar refractivity (Wildman–Crippen MR) is 122 cm³/mol. The number of carbonyl (C=O) groups is 2. The summed E-state index contributed by atoms with van der Waals surface area (Å²) in [5, 5.41) is 45.7. The highest BCUT2D eigenvalue weighted by Gasteiger charge is 2.73. The predicted octanol–water partition coefficient (Wildman–Crippen LogP) is 1.52. The molecule has 3 aliphatic carbocycles. The first-order valence-corrected chi connectivity index (χ1v) is 12.5. The molecule has 0 aromatic carbocycles. The van der Waals surface area contributed by atoms with Gasteiger partial charge in [-0.1, -0.05) is 41.5 Å². The number of aliphatic hydroxyl groups excluding tert-OH is 2. The maximum Gasteiger partial charge on any atom is 0.335 e. The lowest BCUT2D eigenvalue weighted by molar-refractivity contribution is -0.329. The van der Waals surface area contributed by atoms with E-state index in [9.17, 15) is 30.0 Å². The van der Waals surface area contributed by atoms with Gasteiger partial charge in [0.15, 0.2) is 11.9 Å². The van der Waals surface area contributed by atoms with Gasteiger partial charge in [0.05, 0.1) is 18.3 Å². The second-order valence-corrected chi connectivity index (χ2v) is 11.9. The van der Waals surface area contributed by atoms with Gasteiger partial charge < -0.3 is 29.9 Å². The number of carbonyl (C=O) groups excluding carboxylic acids is 2. The van der Waals surface area contributed by atoms with E-state index in [4.69, 9.17) is 9.47 Å². The van der Waals surface area contributed by atoms with Crippen molar-refractivity contribution in [2.24, 2.45) is 28.6 Å². The molecule has 10 atom stereocenters. The number of ketones is 1. The van der Waals surface area contributed by atoms with Gasteiger partial charge in [0.2, 0.25) is 0 Å². The minimum absolute atomic E-state index is 0.0299. The van der Waals surface area contributed by atoms with E-state index in [-0.39, 0.29) is 31.1 Å². The van der Waals surface area contributed by atoms with Crippen LogP contribution in [0.2, 0.25) is 0 Å². The summed E-state index contributed by atoms with van der Waals surface area (Å²) in [4.78, 5) is 26.6. The van der Waals surface area contributed by atoms with E-state index in [0.717, 1.165) is 0 Å². The largest absolute Gasteiger partial charge is 0.456 e. The fourth-order valence-corrected chi connectivity index (χ4v) is 7.79. The zero-order chi connectivity index (χ0) is 25.6. The molecule has 0 amide bonds. The van der Waals surface area contributed by atoms with Gasteiger partial charge in [0.25, 0.3) is 0 Å². The van der Waals surface area contributed by atoms with Gasteiger partial charge in [-0.25, -0.2) is 4.79 Å². The Hall–Kier alpha value is -1.32. The van der Waals surface area contributed by atoms with Crippen molar-refractivity contribution in [1.29, 1.82) is 0 Å². The summed E-state index contributed by atoms with van der Waals surface area (Å²) in [5.74, 6) is -2.65. The van der Waals surface area contributed by atoms with Crippen LogP contribution in [-0.4, -0.2) is 74.4 Å². The zero-order valence-electron chi connectivity index (χ0n) is 21.3. The summed E-state index contributed by atoms with van der Waals surface area (Å²) in [7, 11) is 0. The maximum atomic E-state index is 14.1. The summed E-state index contributed by atoms with van der Waals surface area (Å²) in [6.45, 7) is 12.6. The lowest BCUT2D eigenvalue weighted by Crippen LogP contribution is -2.77. The number of rotatable bonds is 3. The lowest BCUT2D eigenvalue weighted by atomic mass is 9.41. The molecule has 2 bridgehead atoms. The van der Waals surface area contributed by atoms with Crippen LogP contribution in [0.15, 0.2) is 11.1 Å². The number of hydrogen-bond acceptors (Lipinski definition) is 8. The number of ether oxygens (including phenoxy) is 2. The van der Waals surface area contributed by atoms with Gasteiger partial charge in [0, 0.05) is 23.2 Å². The van der Waals surface area contributed by atoms with Crippen LogP contribution in [0.3, 0.4) is 0 Å². The first-order chi connectivity index (χ1) is 15.6. The Kier molecular flexibility index (Phi) is 5.94. The third-order valence-corrected chi connectivity index (χ3v) is 10.2. The summed E-state index contributed by atoms with van der Waals surface area (Å²) in [6, 6.07) is 0. The normalized spacial score (nSPS) is 48.6. The van der Waals surface area contributed by atoms with E-state index in [1.54, 1.807) is 34.6 Å². The molecule has 34 heavy (non-hydrogen) atoms.